The van der Waals surface area contributed by atoms with Crippen molar-refractivity contribution in [2.45, 2.75) is 173 Å². The van der Waals surface area contributed by atoms with Crippen LogP contribution in [-0.4, -0.2) is 32.1 Å². The predicted molar refractivity (Wildman–Crippen MR) is 169 cm³/mol. The molecule has 3 fully saturated rings. The molecule has 1 aromatic heterocycles. The van der Waals surface area contributed by atoms with Crippen LogP contribution in [0, 0.1) is 0 Å². The quantitative estimate of drug-likeness (QED) is 0.309. The Morgan fingerprint density at radius 1 is 0.286 bits per heavy atom. The Bertz CT molecular complexity index is 824. The second-order valence-electron chi connectivity index (χ2n) is 12.4. The molecule has 9 heteroatoms. The molecule has 3 saturated carbocycles. The van der Waals surface area contributed by atoms with Gasteiger partial charge in [0.25, 0.3) is 0 Å². The zero-order valence-electron chi connectivity index (χ0n) is 26.0. The Balaban J connectivity index is 1.48. The molecule has 0 spiro atoms. The maximum atomic E-state index is 5.78. The van der Waals surface area contributed by atoms with E-state index in [9.17, 15) is 0 Å². The molecule has 0 unspecified atom stereocenters. The maximum Gasteiger partial charge on any atom is 0.355 e. The topological polar surface area (TPSA) is 103 Å². The summed E-state index contributed by atoms with van der Waals surface area (Å²) in [5.41, 5.74) is 3.18. The molecule has 0 N–H and O–H groups in total. The summed E-state index contributed by atoms with van der Waals surface area (Å²) >= 11 is 0. The number of oxime groups is 3. The monoisotopic (exact) mass is 582 g/mol. The van der Waals surface area contributed by atoms with Gasteiger partial charge in [-0.2, -0.15) is 0 Å². The lowest BCUT2D eigenvalue weighted by molar-refractivity contribution is 0.247. The third-order valence-electron chi connectivity index (χ3n) is 8.64. The first-order valence-corrected chi connectivity index (χ1v) is 17.3. The molecule has 0 amide bonds. The van der Waals surface area contributed by atoms with E-state index in [1.807, 2.05) is 0 Å². The highest BCUT2D eigenvalue weighted by molar-refractivity contribution is 5.84. The van der Waals surface area contributed by atoms with Crippen molar-refractivity contribution in [3.05, 3.63) is 0 Å². The van der Waals surface area contributed by atoms with Crippen LogP contribution in [0.25, 0.3) is 0 Å². The number of aromatic nitrogens is 3. The molecular formula is C33H54N6O3. The van der Waals surface area contributed by atoms with Crippen molar-refractivity contribution in [1.82, 2.24) is 15.0 Å². The summed E-state index contributed by atoms with van der Waals surface area (Å²) in [6, 6.07) is 0.158. The Morgan fingerprint density at radius 2 is 0.476 bits per heavy atom. The van der Waals surface area contributed by atoms with Crippen LogP contribution >= 0.6 is 0 Å². The summed E-state index contributed by atoms with van der Waals surface area (Å²) in [5.74, 6) is 0. The van der Waals surface area contributed by atoms with Crippen LogP contribution in [-0.2, 0) is 0 Å². The maximum absolute atomic E-state index is 5.78. The van der Waals surface area contributed by atoms with E-state index in [0.717, 1.165) is 94.2 Å². The van der Waals surface area contributed by atoms with Gasteiger partial charge in [0, 0.05) is 0 Å². The Labute approximate surface area is 253 Å². The van der Waals surface area contributed by atoms with Gasteiger partial charge in [0.15, 0.2) is 0 Å². The van der Waals surface area contributed by atoms with Gasteiger partial charge < -0.3 is 14.5 Å². The summed E-state index contributed by atoms with van der Waals surface area (Å²) in [4.78, 5) is 30.5. The molecule has 0 atom stereocenters. The van der Waals surface area contributed by atoms with Crippen molar-refractivity contribution in [1.29, 1.82) is 0 Å². The van der Waals surface area contributed by atoms with Crippen molar-refractivity contribution in [2.75, 3.05) is 0 Å². The summed E-state index contributed by atoms with van der Waals surface area (Å²) in [6.07, 6.45) is 31.7. The molecule has 234 valence electrons. The van der Waals surface area contributed by atoms with E-state index >= 15 is 0 Å². The fourth-order valence-electron chi connectivity index (χ4n) is 6.03. The second kappa shape index (κ2) is 20.3. The van der Waals surface area contributed by atoms with Crippen LogP contribution in [0.5, 0.6) is 18.0 Å². The Kier molecular flexibility index (Phi) is 15.7. The third kappa shape index (κ3) is 13.6. The van der Waals surface area contributed by atoms with Crippen LogP contribution in [0.15, 0.2) is 15.5 Å². The van der Waals surface area contributed by atoms with E-state index in [0.29, 0.717) is 0 Å². The van der Waals surface area contributed by atoms with Crippen LogP contribution in [0.2, 0.25) is 0 Å². The molecule has 3 aliphatic rings. The lowest BCUT2D eigenvalue weighted by atomic mass is 10.00. The number of rotatable bonds is 6. The van der Waals surface area contributed by atoms with Gasteiger partial charge in [0.2, 0.25) is 0 Å². The zero-order chi connectivity index (χ0) is 28.9. The minimum absolute atomic E-state index is 0.0527. The highest BCUT2D eigenvalue weighted by Crippen LogP contribution is 2.21. The van der Waals surface area contributed by atoms with E-state index in [-0.39, 0.29) is 18.0 Å². The fraction of sp³-hybridized carbons (Fsp3) is 0.818. The van der Waals surface area contributed by atoms with Gasteiger partial charge in [0.05, 0.1) is 17.1 Å². The summed E-state index contributed by atoms with van der Waals surface area (Å²) in [7, 11) is 0. The van der Waals surface area contributed by atoms with Gasteiger partial charge in [0.1, 0.15) is 0 Å². The molecule has 3 aliphatic carbocycles. The van der Waals surface area contributed by atoms with Gasteiger partial charge in [-0.3, -0.25) is 0 Å². The summed E-state index contributed by atoms with van der Waals surface area (Å²) in [6.45, 7) is 0. The first-order chi connectivity index (χ1) is 20.8. The number of hydrogen-bond donors (Lipinski definition) is 0. The van der Waals surface area contributed by atoms with E-state index < -0.39 is 0 Å². The van der Waals surface area contributed by atoms with E-state index in [2.05, 4.69) is 30.4 Å². The smallest absolute Gasteiger partial charge is 0.315 e. The molecule has 9 nitrogen and oxygen atoms in total. The van der Waals surface area contributed by atoms with Crippen molar-refractivity contribution in [3.63, 3.8) is 0 Å². The molecule has 1 aromatic rings. The second-order valence-corrected chi connectivity index (χ2v) is 12.4. The third-order valence-corrected chi connectivity index (χ3v) is 8.64. The summed E-state index contributed by atoms with van der Waals surface area (Å²) < 4.78 is 0. The van der Waals surface area contributed by atoms with E-state index in [4.69, 9.17) is 14.5 Å². The minimum atomic E-state index is 0.0527. The van der Waals surface area contributed by atoms with Gasteiger partial charge >= 0.3 is 18.0 Å². The van der Waals surface area contributed by atoms with Gasteiger partial charge in [-0.15, -0.1) is 15.0 Å². The lowest BCUT2D eigenvalue weighted by Crippen LogP contribution is -2.08. The van der Waals surface area contributed by atoms with Gasteiger partial charge in [-0.1, -0.05) is 112 Å². The minimum Gasteiger partial charge on any atom is -0.315 e. The van der Waals surface area contributed by atoms with Crippen LogP contribution in [0.3, 0.4) is 0 Å². The zero-order valence-corrected chi connectivity index (χ0v) is 26.0. The van der Waals surface area contributed by atoms with E-state index in [1.165, 1.54) is 96.3 Å². The van der Waals surface area contributed by atoms with Crippen LogP contribution in [0.4, 0.5) is 0 Å². The molecular weight excluding hydrogens is 528 g/mol. The van der Waals surface area contributed by atoms with Crippen molar-refractivity contribution >= 4 is 17.1 Å². The van der Waals surface area contributed by atoms with E-state index in [1.54, 1.807) is 0 Å². The molecule has 0 aromatic carbocycles. The van der Waals surface area contributed by atoms with Gasteiger partial charge in [-0.05, 0) is 77.0 Å². The van der Waals surface area contributed by atoms with Crippen LogP contribution in [0.1, 0.15) is 173 Å². The first-order valence-electron chi connectivity index (χ1n) is 17.3. The summed E-state index contributed by atoms with van der Waals surface area (Å²) in [5, 5.41) is 13.4. The average molecular weight is 583 g/mol. The standard InChI is InChI=1S/C33H54N6O3/c1-4-10-16-22-28(23-17-11-5-1)37-40-31-34-32(41-38-29-24-18-12-6-2-7-13-19-25-29)36-33(35-31)42-39-30-26-20-14-8-3-9-15-21-27-30/h1-27H2. The molecule has 4 rings (SSSR count). The Hall–Kier alpha value is -2.58. The average Bonchev–Trinajstić information content (AvgIpc) is 3.02. The molecule has 42 heavy (non-hydrogen) atoms. The number of hydrogen-bond acceptors (Lipinski definition) is 9. The Morgan fingerprint density at radius 3 is 0.690 bits per heavy atom. The molecule has 0 saturated heterocycles. The molecule has 1 heterocycles. The van der Waals surface area contributed by atoms with Gasteiger partial charge in [-0.25, -0.2) is 0 Å². The van der Waals surface area contributed by atoms with Crippen molar-refractivity contribution in [2.24, 2.45) is 15.5 Å². The SMILES string of the molecule is C1CCCCC(=NOc2nc(ON=C3CCCCCCCCC3)nc(ON=C3CCCCCCCCC3)n2)CCCC1. The highest BCUT2D eigenvalue weighted by Gasteiger charge is 2.14. The van der Waals surface area contributed by atoms with Crippen molar-refractivity contribution < 1.29 is 14.5 Å². The fourth-order valence-corrected chi connectivity index (χ4v) is 6.03. The lowest BCUT2D eigenvalue weighted by Gasteiger charge is -2.11. The highest BCUT2D eigenvalue weighted by atomic mass is 16.7. The largest absolute Gasteiger partial charge is 0.355 e. The molecule has 0 bridgehead atoms. The number of nitrogens with zero attached hydrogens (tertiary/aromatic N) is 6. The van der Waals surface area contributed by atoms with Crippen LogP contribution < -0.4 is 14.5 Å². The normalized spacial score (nSPS) is 21.0. The van der Waals surface area contributed by atoms with Crippen molar-refractivity contribution in [3.8, 4) is 18.0 Å². The molecule has 0 aliphatic heterocycles. The first kappa shape index (κ1) is 32.3. The molecule has 0 radical (unpaired) electrons. The predicted octanol–water partition coefficient (Wildman–Crippen LogP) is 9.65.